The van der Waals surface area contributed by atoms with Crippen molar-refractivity contribution in [3.8, 4) is 0 Å². The molecule has 140 valence electrons. The van der Waals surface area contributed by atoms with Crippen molar-refractivity contribution in [2.75, 3.05) is 0 Å². The van der Waals surface area contributed by atoms with Gasteiger partial charge in [0.15, 0.2) is 0 Å². The molecule has 0 radical (unpaired) electrons. The molecule has 0 bridgehead atoms. The number of halogens is 1. The van der Waals surface area contributed by atoms with Gasteiger partial charge in [0.05, 0.1) is 6.04 Å². The van der Waals surface area contributed by atoms with E-state index in [-0.39, 0.29) is 11.7 Å². The number of amides is 2. The summed E-state index contributed by atoms with van der Waals surface area (Å²) < 4.78 is 10.5. The van der Waals surface area contributed by atoms with Gasteiger partial charge in [-0.15, -0.1) is 0 Å². The number of ether oxygens (including phenoxy) is 2. The minimum atomic E-state index is -0.725. The lowest BCUT2D eigenvalue weighted by molar-refractivity contribution is -0.161. The maximum absolute atomic E-state index is 12.5. The first-order chi connectivity index (χ1) is 11.3. The first-order valence-electron chi connectivity index (χ1n) is 8.25. The van der Waals surface area contributed by atoms with E-state index in [4.69, 9.17) is 21.1 Å². The second-order valence-electron chi connectivity index (χ2n) is 8.19. The maximum atomic E-state index is 12.5. The van der Waals surface area contributed by atoms with E-state index in [1.54, 1.807) is 41.5 Å². The van der Waals surface area contributed by atoms with Crippen LogP contribution < -0.4 is 5.32 Å². The molecule has 0 aromatic rings. The zero-order valence-corrected chi connectivity index (χ0v) is 16.2. The van der Waals surface area contributed by atoms with Crippen LogP contribution in [0.25, 0.3) is 0 Å². The second kappa shape index (κ2) is 6.52. The van der Waals surface area contributed by atoms with Crippen molar-refractivity contribution in [1.29, 1.82) is 0 Å². The summed E-state index contributed by atoms with van der Waals surface area (Å²) in [5.41, 5.74) is -1.29. The Hall–Kier alpha value is -1.76. The van der Waals surface area contributed by atoms with Crippen molar-refractivity contribution in [3.05, 3.63) is 10.7 Å². The molecule has 25 heavy (non-hydrogen) atoms. The number of nitrogens with one attached hydrogen (secondary N) is 1. The average Bonchev–Trinajstić information content (AvgIpc) is 2.40. The van der Waals surface area contributed by atoms with Crippen LogP contribution in [0.2, 0.25) is 0 Å². The van der Waals surface area contributed by atoms with E-state index in [2.05, 4.69) is 5.32 Å². The van der Waals surface area contributed by atoms with Crippen LogP contribution in [0.5, 0.6) is 0 Å². The number of β-lactam (4-membered cyclic amide) rings is 1. The molecule has 0 aliphatic carbocycles. The lowest BCUT2D eigenvalue weighted by atomic mass is 9.86. The molecule has 2 heterocycles. The Labute approximate surface area is 152 Å². The van der Waals surface area contributed by atoms with Gasteiger partial charge < -0.3 is 14.8 Å². The molecule has 0 saturated carbocycles. The monoisotopic (exact) mass is 372 g/mol. The third-order valence-electron chi connectivity index (χ3n) is 3.64. The molecule has 1 fully saturated rings. The molecule has 0 aromatic heterocycles. The van der Waals surface area contributed by atoms with Gasteiger partial charge in [-0.05, 0) is 54.4 Å². The van der Waals surface area contributed by atoms with Crippen LogP contribution in [0.15, 0.2) is 10.7 Å². The Morgan fingerprint density at radius 3 is 2.20 bits per heavy atom. The van der Waals surface area contributed by atoms with Gasteiger partial charge in [0.1, 0.15) is 22.9 Å². The summed E-state index contributed by atoms with van der Waals surface area (Å²) in [6.45, 7) is 10.4. The largest absolute Gasteiger partial charge is 0.455 e. The van der Waals surface area contributed by atoms with Gasteiger partial charge >= 0.3 is 12.1 Å². The minimum absolute atomic E-state index is 0.0695. The standard InChI is InChI=1S/C17H25ClN2O5/c1-16(2,3)24-14(22)12-9(18)7-8-10-11(13(21)20(10)12)19-15(23)25-17(4,5)6/h10-11H,7-8H2,1-6H3,(H,19,23)/t10-,11+/m1/s1. The number of allylic oxidation sites excluding steroid dienone is 1. The third-order valence-corrected chi connectivity index (χ3v) is 4.01. The van der Waals surface area contributed by atoms with Crippen LogP contribution in [-0.4, -0.2) is 46.2 Å². The third kappa shape index (κ3) is 4.45. The predicted molar refractivity (Wildman–Crippen MR) is 91.7 cm³/mol. The van der Waals surface area contributed by atoms with E-state index in [0.29, 0.717) is 17.9 Å². The average molecular weight is 373 g/mol. The van der Waals surface area contributed by atoms with E-state index < -0.39 is 35.2 Å². The van der Waals surface area contributed by atoms with E-state index in [1.165, 1.54) is 4.90 Å². The minimum Gasteiger partial charge on any atom is -0.455 e. The SMILES string of the molecule is CC(C)(C)OC(=O)N[C@@H]1C(=O)N2C(C(=O)OC(C)(C)C)=C(Cl)CC[C@H]12. The van der Waals surface area contributed by atoms with Crippen LogP contribution >= 0.6 is 11.6 Å². The fourth-order valence-electron chi connectivity index (χ4n) is 2.77. The Morgan fingerprint density at radius 1 is 1.12 bits per heavy atom. The van der Waals surface area contributed by atoms with Crippen molar-refractivity contribution in [2.24, 2.45) is 0 Å². The van der Waals surface area contributed by atoms with Crippen LogP contribution in [0.3, 0.4) is 0 Å². The molecule has 0 spiro atoms. The molecule has 2 rings (SSSR count). The molecular weight excluding hydrogens is 348 g/mol. The molecule has 8 heteroatoms. The van der Waals surface area contributed by atoms with Gasteiger partial charge in [-0.1, -0.05) is 11.6 Å². The number of carbonyl (C=O) groups excluding carboxylic acids is 3. The molecule has 1 saturated heterocycles. The molecule has 2 atom stereocenters. The normalized spacial score (nSPS) is 23.6. The van der Waals surface area contributed by atoms with E-state index >= 15 is 0 Å². The smallest absolute Gasteiger partial charge is 0.408 e. The summed E-state index contributed by atoms with van der Waals surface area (Å²) in [5, 5.41) is 2.87. The van der Waals surface area contributed by atoms with Crippen molar-refractivity contribution in [3.63, 3.8) is 0 Å². The summed E-state index contributed by atoms with van der Waals surface area (Å²) in [4.78, 5) is 38.1. The van der Waals surface area contributed by atoms with Gasteiger partial charge in [0.25, 0.3) is 5.91 Å². The first-order valence-corrected chi connectivity index (χ1v) is 8.62. The zero-order chi connectivity index (χ0) is 19.2. The molecule has 2 aliphatic rings. The highest BCUT2D eigenvalue weighted by Crippen LogP contribution is 2.39. The number of alkyl carbamates (subject to hydrolysis) is 1. The first kappa shape index (κ1) is 19.6. The van der Waals surface area contributed by atoms with E-state index in [0.717, 1.165) is 0 Å². The molecule has 0 unspecified atom stereocenters. The summed E-state index contributed by atoms with van der Waals surface area (Å²) in [7, 11) is 0. The van der Waals surface area contributed by atoms with Gasteiger partial charge in [0.2, 0.25) is 0 Å². The summed E-state index contributed by atoms with van der Waals surface area (Å²) in [6, 6.07) is -1.05. The molecule has 7 nitrogen and oxygen atoms in total. The Morgan fingerprint density at radius 2 is 1.68 bits per heavy atom. The Bertz CT molecular complexity index is 630. The van der Waals surface area contributed by atoms with Gasteiger partial charge in [0, 0.05) is 5.03 Å². The molecule has 2 aliphatic heterocycles. The molecule has 1 N–H and O–H groups in total. The summed E-state index contributed by atoms with van der Waals surface area (Å²) in [6.07, 6.45) is 0.332. The van der Waals surface area contributed by atoms with E-state index in [1.807, 2.05) is 0 Å². The lowest BCUT2D eigenvalue weighted by Gasteiger charge is -2.49. The highest BCUT2D eigenvalue weighted by atomic mass is 35.5. The maximum Gasteiger partial charge on any atom is 0.408 e. The van der Waals surface area contributed by atoms with Crippen molar-refractivity contribution in [2.45, 2.75) is 77.7 Å². The van der Waals surface area contributed by atoms with Crippen molar-refractivity contribution < 1.29 is 23.9 Å². The number of carbonyl (C=O) groups is 3. The Kier molecular flexibility index (Phi) is 5.10. The fourth-order valence-corrected chi connectivity index (χ4v) is 3.05. The van der Waals surface area contributed by atoms with Gasteiger partial charge in [-0.25, -0.2) is 9.59 Å². The quantitative estimate of drug-likeness (QED) is 0.595. The topological polar surface area (TPSA) is 84.9 Å². The molecule has 0 aromatic carbocycles. The number of esters is 1. The summed E-state index contributed by atoms with van der Waals surface area (Å²) >= 11 is 6.18. The van der Waals surface area contributed by atoms with Crippen LogP contribution in [0.1, 0.15) is 54.4 Å². The van der Waals surface area contributed by atoms with E-state index in [9.17, 15) is 14.4 Å². The number of nitrogens with zero attached hydrogens (tertiary/aromatic N) is 1. The van der Waals surface area contributed by atoms with Gasteiger partial charge in [-0.3, -0.25) is 9.69 Å². The highest BCUT2D eigenvalue weighted by molar-refractivity contribution is 6.32. The summed E-state index contributed by atoms with van der Waals surface area (Å²) in [5.74, 6) is -1.03. The molecular formula is C17H25ClN2O5. The van der Waals surface area contributed by atoms with Crippen molar-refractivity contribution >= 4 is 29.6 Å². The van der Waals surface area contributed by atoms with Crippen LogP contribution in [0.4, 0.5) is 4.79 Å². The number of hydrogen-bond donors (Lipinski definition) is 1. The second-order valence-corrected chi connectivity index (χ2v) is 8.65. The van der Waals surface area contributed by atoms with Gasteiger partial charge in [-0.2, -0.15) is 0 Å². The number of rotatable bonds is 2. The van der Waals surface area contributed by atoms with Crippen LogP contribution in [0, 0.1) is 0 Å². The van der Waals surface area contributed by atoms with Crippen LogP contribution in [-0.2, 0) is 19.1 Å². The number of hydrogen-bond acceptors (Lipinski definition) is 5. The lowest BCUT2D eigenvalue weighted by Crippen LogP contribution is -2.71. The zero-order valence-electron chi connectivity index (χ0n) is 15.4. The molecule has 2 amide bonds. The Balaban J connectivity index is 2.11. The number of fused-ring (bicyclic) bond motifs is 1. The fraction of sp³-hybridized carbons (Fsp3) is 0.706. The predicted octanol–water partition coefficient (Wildman–Crippen LogP) is 2.68. The van der Waals surface area contributed by atoms with Crippen molar-refractivity contribution in [1.82, 2.24) is 10.2 Å². The highest BCUT2D eigenvalue weighted by Gasteiger charge is 2.54.